The first kappa shape index (κ1) is 34.4. The maximum Gasteiger partial charge on any atom is 0.344 e. The lowest BCUT2D eigenvalue weighted by molar-refractivity contribution is -0.157. The second-order valence-electron chi connectivity index (χ2n) is 10.5. The zero-order valence-electron chi connectivity index (χ0n) is 24.2. The minimum Gasteiger partial charge on any atom is -0.481 e. The number of benzene rings is 2. The van der Waals surface area contributed by atoms with Crippen molar-refractivity contribution in [2.24, 2.45) is 5.73 Å². The quantitative estimate of drug-likeness (QED) is 0.127. The SMILES string of the molecule is CC(=O)O.CC(C)(C)OCOc1cc(NC(=O)NC(=O)c2ccc(C(=N)N)cc2)ccc1OCC(=O)OC(C)(C)C. The normalized spacial score (nSPS) is 10.8. The Balaban J connectivity index is 0.00000196. The molecule has 41 heavy (non-hydrogen) atoms. The van der Waals surface area contributed by atoms with E-state index in [-0.39, 0.29) is 36.3 Å². The molecule has 0 aliphatic heterocycles. The summed E-state index contributed by atoms with van der Waals surface area (Å²) in [7, 11) is 0. The van der Waals surface area contributed by atoms with Crippen LogP contribution in [0.3, 0.4) is 0 Å². The summed E-state index contributed by atoms with van der Waals surface area (Å²) in [6.07, 6.45) is 0. The monoisotopic (exact) mass is 574 g/mol. The third-order valence-electron chi connectivity index (χ3n) is 4.36. The summed E-state index contributed by atoms with van der Waals surface area (Å²) in [5, 5.41) is 19.6. The summed E-state index contributed by atoms with van der Waals surface area (Å²) in [5.74, 6) is -1.72. The van der Waals surface area contributed by atoms with Gasteiger partial charge in [0.2, 0.25) is 0 Å². The lowest BCUT2D eigenvalue weighted by atomic mass is 10.1. The number of amidine groups is 1. The van der Waals surface area contributed by atoms with Crippen LogP contribution in [0.2, 0.25) is 0 Å². The number of imide groups is 1. The van der Waals surface area contributed by atoms with Gasteiger partial charge >= 0.3 is 12.0 Å². The van der Waals surface area contributed by atoms with Gasteiger partial charge in [0.25, 0.3) is 11.9 Å². The molecule has 2 rings (SSSR count). The van der Waals surface area contributed by atoms with Crippen molar-refractivity contribution in [3.05, 3.63) is 53.6 Å². The molecule has 0 aromatic heterocycles. The molecule has 0 aliphatic carbocycles. The number of rotatable bonds is 9. The molecule has 0 saturated carbocycles. The Morgan fingerprint density at radius 3 is 1.95 bits per heavy atom. The van der Waals surface area contributed by atoms with Crippen LogP contribution in [-0.4, -0.2) is 59.4 Å². The lowest BCUT2D eigenvalue weighted by Gasteiger charge is -2.21. The molecule has 0 radical (unpaired) electrons. The number of nitrogen functional groups attached to an aromatic ring is 1. The molecule has 0 bridgehead atoms. The zero-order chi connectivity index (χ0) is 31.4. The molecular weight excluding hydrogens is 536 g/mol. The van der Waals surface area contributed by atoms with Crippen molar-refractivity contribution in [3.63, 3.8) is 0 Å². The van der Waals surface area contributed by atoms with Crippen molar-refractivity contribution in [2.45, 2.75) is 59.7 Å². The van der Waals surface area contributed by atoms with Crippen LogP contribution >= 0.6 is 0 Å². The van der Waals surface area contributed by atoms with Crippen molar-refractivity contribution in [1.29, 1.82) is 5.41 Å². The minimum atomic E-state index is -0.833. The summed E-state index contributed by atoms with van der Waals surface area (Å²) in [6, 6.07) is 9.65. The fourth-order valence-corrected chi connectivity index (χ4v) is 2.73. The van der Waals surface area contributed by atoms with E-state index in [0.29, 0.717) is 11.3 Å². The molecule has 224 valence electrons. The molecule has 13 nitrogen and oxygen atoms in total. The number of nitrogens with one attached hydrogen (secondary N) is 3. The van der Waals surface area contributed by atoms with Gasteiger partial charge in [0.1, 0.15) is 11.4 Å². The van der Waals surface area contributed by atoms with E-state index in [1.165, 1.54) is 42.5 Å². The van der Waals surface area contributed by atoms with Crippen LogP contribution in [0, 0.1) is 5.41 Å². The number of esters is 1. The maximum absolute atomic E-state index is 12.4. The minimum absolute atomic E-state index is 0.114. The van der Waals surface area contributed by atoms with Gasteiger partial charge in [0.15, 0.2) is 24.9 Å². The van der Waals surface area contributed by atoms with E-state index >= 15 is 0 Å². The van der Waals surface area contributed by atoms with E-state index in [1.54, 1.807) is 20.8 Å². The van der Waals surface area contributed by atoms with Crippen LogP contribution in [0.4, 0.5) is 10.5 Å². The smallest absolute Gasteiger partial charge is 0.344 e. The third-order valence-corrected chi connectivity index (χ3v) is 4.36. The molecule has 3 amide bonds. The molecule has 2 aromatic rings. The fourth-order valence-electron chi connectivity index (χ4n) is 2.73. The molecule has 0 aliphatic rings. The molecular formula is C28H38N4O9. The van der Waals surface area contributed by atoms with Gasteiger partial charge in [-0.3, -0.25) is 20.3 Å². The standard InChI is InChI=1S/C26H34N4O7.C2H4O2/c1-25(2,3)36-15-35-20-13-18(11-12-19(20)34-14-21(31)37-26(4,5)6)29-24(33)30-23(32)17-9-7-16(8-10-17)22(27)28;1-2(3)4/h7-13H,14-15H2,1-6H3,(H3,27,28)(H2,29,30,32,33);1H3,(H,3,4). The molecule has 2 aromatic carbocycles. The Morgan fingerprint density at radius 2 is 1.44 bits per heavy atom. The van der Waals surface area contributed by atoms with Gasteiger partial charge in [-0.2, -0.15) is 0 Å². The van der Waals surface area contributed by atoms with Gasteiger partial charge in [-0.25, -0.2) is 9.59 Å². The highest BCUT2D eigenvalue weighted by Crippen LogP contribution is 2.31. The Morgan fingerprint density at radius 1 is 0.878 bits per heavy atom. The van der Waals surface area contributed by atoms with Gasteiger partial charge in [-0.1, -0.05) is 12.1 Å². The number of amides is 3. The highest BCUT2D eigenvalue weighted by Gasteiger charge is 2.19. The molecule has 0 atom stereocenters. The Hall–Kier alpha value is -4.65. The average molecular weight is 575 g/mol. The molecule has 6 N–H and O–H groups in total. The van der Waals surface area contributed by atoms with Crippen LogP contribution in [0.15, 0.2) is 42.5 Å². The highest BCUT2D eigenvalue weighted by atomic mass is 16.7. The number of hydrogen-bond acceptors (Lipinski definition) is 9. The van der Waals surface area contributed by atoms with Crippen molar-refractivity contribution in [2.75, 3.05) is 18.7 Å². The van der Waals surface area contributed by atoms with Crippen molar-refractivity contribution >= 4 is 35.4 Å². The van der Waals surface area contributed by atoms with Gasteiger partial charge in [-0.05, 0) is 65.8 Å². The fraction of sp³-hybridized carbons (Fsp3) is 0.393. The number of carbonyl (C=O) groups excluding carboxylic acids is 3. The van der Waals surface area contributed by atoms with Gasteiger partial charge in [-0.15, -0.1) is 0 Å². The number of anilines is 1. The number of hydrogen-bond donors (Lipinski definition) is 5. The number of carboxylic acid groups (broad SMARTS) is 1. The van der Waals surface area contributed by atoms with Crippen LogP contribution in [-0.2, 0) is 19.1 Å². The first-order valence-electron chi connectivity index (χ1n) is 12.4. The summed E-state index contributed by atoms with van der Waals surface area (Å²) >= 11 is 0. The number of ether oxygens (including phenoxy) is 4. The number of carboxylic acids is 1. The Labute approximate surface area is 238 Å². The van der Waals surface area contributed by atoms with E-state index in [2.05, 4.69) is 10.6 Å². The number of urea groups is 1. The van der Waals surface area contributed by atoms with Crippen molar-refractivity contribution in [3.8, 4) is 11.5 Å². The lowest BCUT2D eigenvalue weighted by Crippen LogP contribution is -2.34. The second-order valence-corrected chi connectivity index (χ2v) is 10.5. The van der Waals surface area contributed by atoms with E-state index in [4.69, 9.17) is 40.0 Å². The molecule has 0 fully saturated rings. The highest BCUT2D eigenvalue weighted by molar-refractivity contribution is 6.08. The van der Waals surface area contributed by atoms with Crippen molar-refractivity contribution < 1.29 is 43.2 Å². The first-order chi connectivity index (χ1) is 18.9. The average Bonchev–Trinajstić information content (AvgIpc) is 2.81. The summed E-state index contributed by atoms with van der Waals surface area (Å²) in [5.41, 5.74) is 5.26. The molecule has 0 saturated heterocycles. The Bertz CT molecular complexity index is 1230. The summed E-state index contributed by atoms with van der Waals surface area (Å²) in [6.45, 7) is 11.5. The summed E-state index contributed by atoms with van der Waals surface area (Å²) < 4.78 is 22.1. The van der Waals surface area contributed by atoms with Crippen LogP contribution in [0.5, 0.6) is 11.5 Å². The number of carbonyl (C=O) groups is 4. The first-order valence-corrected chi connectivity index (χ1v) is 12.4. The predicted octanol–water partition coefficient (Wildman–Crippen LogP) is 3.90. The van der Waals surface area contributed by atoms with Crippen LogP contribution in [0.25, 0.3) is 0 Å². The number of nitrogens with two attached hydrogens (primary N) is 1. The molecule has 13 heteroatoms. The van der Waals surface area contributed by atoms with Crippen LogP contribution in [0.1, 0.15) is 64.4 Å². The largest absolute Gasteiger partial charge is 0.481 e. The predicted molar refractivity (Wildman–Crippen MR) is 151 cm³/mol. The van der Waals surface area contributed by atoms with Gasteiger partial charge < -0.3 is 35.1 Å². The number of aliphatic carboxylic acids is 1. The zero-order valence-corrected chi connectivity index (χ0v) is 24.2. The topological polar surface area (TPSA) is 199 Å². The Kier molecular flexibility index (Phi) is 12.8. The van der Waals surface area contributed by atoms with Crippen molar-refractivity contribution in [1.82, 2.24) is 5.32 Å². The maximum atomic E-state index is 12.4. The molecule has 0 spiro atoms. The van der Waals surface area contributed by atoms with Gasteiger partial charge in [0, 0.05) is 29.8 Å². The van der Waals surface area contributed by atoms with E-state index in [9.17, 15) is 14.4 Å². The summed E-state index contributed by atoms with van der Waals surface area (Å²) in [4.78, 5) is 45.8. The molecule has 0 heterocycles. The van der Waals surface area contributed by atoms with E-state index in [1.807, 2.05) is 20.8 Å². The van der Waals surface area contributed by atoms with E-state index < -0.39 is 35.1 Å². The van der Waals surface area contributed by atoms with Crippen LogP contribution < -0.4 is 25.8 Å². The second kappa shape index (κ2) is 15.2. The third kappa shape index (κ3) is 14.9. The van der Waals surface area contributed by atoms with Gasteiger partial charge in [0.05, 0.1) is 5.60 Å². The van der Waals surface area contributed by atoms with E-state index in [0.717, 1.165) is 6.92 Å². The molecule has 0 unspecified atom stereocenters.